The molecule has 2 aliphatic rings. The van der Waals surface area contributed by atoms with Crippen molar-refractivity contribution in [2.24, 2.45) is 0 Å². The average Bonchev–Trinajstić information content (AvgIpc) is 2.40. The van der Waals surface area contributed by atoms with Gasteiger partial charge in [0.2, 0.25) is 5.91 Å². The van der Waals surface area contributed by atoms with Crippen molar-refractivity contribution in [2.75, 3.05) is 39.5 Å². The SMILES string of the molecule is CC(NC1CCCOC1)C(=O)N1CCOCC1. The van der Waals surface area contributed by atoms with Crippen molar-refractivity contribution in [1.82, 2.24) is 10.2 Å². The van der Waals surface area contributed by atoms with Crippen LogP contribution in [-0.4, -0.2) is 62.4 Å². The third-order valence-corrected chi connectivity index (χ3v) is 3.34. The lowest BCUT2D eigenvalue weighted by Gasteiger charge is -2.32. The minimum atomic E-state index is -0.125. The molecule has 0 aromatic heterocycles. The van der Waals surface area contributed by atoms with Gasteiger partial charge in [-0.15, -0.1) is 0 Å². The number of amides is 1. The minimum absolute atomic E-state index is 0.125. The summed E-state index contributed by atoms with van der Waals surface area (Å²) in [7, 11) is 0. The summed E-state index contributed by atoms with van der Waals surface area (Å²) in [5.41, 5.74) is 0. The van der Waals surface area contributed by atoms with E-state index in [-0.39, 0.29) is 11.9 Å². The van der Waals surface area contributed by atoms with Gasteiger partial charge >= 0.3 is 0 Å². The Morgan fingerprint density at radius 3 is 2.71 bits per heavy atom. The summed E-state index contributed by atoms with van der Waals surface area (Å²) in [6.07, 6.45) is 2.18. The van der Waals surface area contributed by atoms with Crippen LogP contribution in [0.1, 0.15) is 19.8 Å². The number of nitrogens with one attached hydrogen (secondary N) is 1. The first-order valence-corrected chi connectivity index (χ1v) is 6.47. The Morgan fingerprint density at radius 2 is 2.06 bits per heavy atom. The standard InChI is InChI=1S/C12H22N2O3/c1-10(13-11-3-2-6-17-9-11)12(15)14-4-7-16-8-5-14/h10-11,13H,2-9H2,1H3. The first kappa shape index (κ1) is 12.8. The number of nitrogens with zero attached hydrogens (tertiary/aromatic N) is 1. The molecule has 2 atom stereocenters. The summed E-state index contributed by atoms with van der Waals surface area (Å²) < 4.78 is 10.6. The number of morpholine rings is 1. The molecule has 2 aliphatic heterocycles. The Bertz CT molecular complexity index is 248. The fourth-order valence-corrected chi connectivity index (χ4v) is 2.35. The lowest BCUT2D eigenvalue weighted by Crippen LogP contribution is -2.52. The molecule has 5 heteroatoms. The van der Waals surface area contributed by atoms with E-state index < -0.39 is 0 Å². The van der Waals surface area contributed by atoms with E-state index in [0.717, 1.165) is 26.1 Å². The molecule has 1 N–H and O–H groups in total. The maximum atomic E-state index is 12.1. The highest BCUT2D eigenvalue weighted by molar-refractivity contribution is 5.81. The van der Waals surface area contributed by atoms with Crippen LogP contribution in [0.15, 0.2) is 0 Å². The van der Waals surface area contributed by atoms with Gasteiger partial charge in [0.15, 0.2) is 0 Å². The smallest absolute Gasteiger partial charge is 0.239 e. The van der Waals surface area contributed by atoms with Crippen molar-refractivity contribution >= 4 is 5.91 Å². The van der Waals surface area contributed by atoms with Gasteiger partial charge < -0.3 is 19.7 Å². The fourth-order valence-electron chi connectivity index (χ4n) is 2.35. The van der Waals surface area contributed by atoms with Crippen LogP contribution < -0.4 is 5.32 Å². The maximum Gasteiger partial charge on any atom is 0.239 e. The normalized spacial score (nSPS) is 27.8. The van der Waals surface area contributed by atoms with Gasteiger partial charge in [0.25, 0.3) is 0 Å². The topological polar surface area (TPSA) is 50.8 Å². The molecule has 2 fully saturated rings. The van der Waals surface area contributed by atoms with Crippen molar-refractivity contribution < 1.29 is 14.3 Å². The van der Waals surface area contributed by atoms with Gasteiger partial charge in [0, 0.05) is 25.7 Å². The first-order chi connectivity index (χ1) is 8.27. The van der Waals surface area contributed by atoms with Crippen molar-refractivity contribution in [2.45, 2.75) is 31.8 Å². The van der Waals surface area contributed by atoms with Gasteiger partial charge in [-0.25, -0.2) is 0 Å². The lowest BCUT2D eigenvalue weighted by molar-refractivity contribution is -0.137. The number of hydrogen-bond donors (Lipinski definition) is 1. The monoisotopic (exact) mass is 242 g/mol. The molecule has 0 saturated carbocycles. The second kappa shape index (κ2) is 6.33. The summed E-state index contributed by atoms with van der Waals surface area (Å²) in [4.78, 5) is 14.0. The number of carbonyl (C=O) groups is 1. The zero-order chi connectivity index (χ0) is 12.1. The van der Waals surface area contributed by atoms with Crippen LogP contribution in [0.4, 0.5) is 0 Å². The second-order valence-corrected chi connectivity index (χ2v) is 4.74. The van der Waals surface area contributed by atoms with Gasteiger partial charge in [0.1, 0.15) is 0 Å². The quantitative estimate of drug-likeness (QED) is 0.757. The van der Waals surface area contributed by atoms with Crippen molar-refractivity contribution in [3.8, 4) is 0 Å². The van der Waals surface area contributed by atoms with Crippen LogP contribution in [0.3, 0.4) is 0 Å². The van der Waals surface area contributed by atoms with Crippen LogP contribution in [-0.2, 0) is 14.3 Å². The van der Waals surface area contributed by atoms with Crippen molar-refractivity contribution in [3.63, 3.8) is 0 Å². The summed E-state index contributed by atoms with van der Waals surface area (Å²) >= 11 is 0. The molecule has 2 rings (SSSR count). The Hall–Kier alpha value is -0.650. The predicted octanol–water partition coefficient (Wildman–Crippen LogP) is 0.00230. The molecule has 5 nitrogen and oxygen atoms in total. The van der Waals surface area contributed by atoms with E-state index in [2.05, 4.69) is 5.32 Å². The highest BCUT2D eigenvalue weighted by Gasteiger charge is 2.25. The molecule has 2 unspecified atom stereocenters. The summed E-state index contributed by atoms with van der Waals surface area (Å²) in [5.74, 6) is 0.180. The largest absolute Gasteiger partial charge is 0.380 e. The van der Waals surface area contributed by atoms with Crippen molar-refractivity contribution in [1.29, 1.82) is 0 Å². The summed E-state index contributed by atoms with van der Waals surface area (Å²) in [5, 5.41) is 3.36. The highest BCUT2D eigenvalue weighted by Crippen LogP contribution is 2.08. The Labute approximate surface area is 102 Å². The van der Waals surface area contributed by atoms with E-state index in [1.54, 1.807) is 0 Å². The fraction of sp³-hybridized carbons (Fsp3) is 0.917. The number of ether oxygens (including phenoxy) is 2. The van der Waals surface area contributed by atoms with Crippen LogP contribution in [0, 0.1) is 0 Å². The molecular weight excluding hydrogens is 220 g/mol. The molecule has 0 bridgehead atoms. The Balaban J connectivity index is 1.77. The summed E-state index contributed by atoms with van der Waals surface area (Å²) in [6, 6.07) is 0.198. The third kappa shape index (κ3) is 3.66. The average molecular weight is 242 g/mol. The van der Waals surface area contributed by atoms with Crippen LogP contribution >= 0.6 is 0 Å². The van der Waals surface area contributed by atoms with Gasteiger partial charge in [-0.1, -0.05) is 0 Å². The molecule has 2 saturated heterocycles. The highest BCUT2D eigenvalue weighted by atomic mass is 16.5. The van der Waals surface area contributed by atoms with E-state index in [4.69, 9.17) is 9.47 Å². The molecule has 1 amide bonds. The van der Waals surface area contributed by atoms with Gasteiger partial charge in [-0.2, -0.15) is 0 Å². The Kier molecular flexibility index (Phi) is 4.76. The minimum Gasteiger partial charge on any atom is -0.380 e. The van der Waals surface area contributed by atoms with Crippen LogP contribution in [0.25, 0.3) is 0 Å². The van der Waals surface area contributed by atoms with E-state index in [0.29, 0.717) is 32.3 Å². The van der Waals surface area contributed by atoms with Crippen molar-refractivity contribution in [3.05, 3.63) is 0 Å². The van der Waals surface area contributed by atoms with Gasteiger partial charge in [-0.05, 0) is 19.8 Å². The maximum absolute atomic E-state index is 12.1. The Morgan fingerprint density at radius 1 is 1.29 bits per heavy atom. The zero-order valence-corrected chi connectivity index (χ0v) is 10.5. The molecule has 0 aliphatic carbocycles. The number of carbonyl (C=O) groups excluding carboxylic acids is 1. The van der Waals surface area contributed by atoms with Gasteiger partial charge in [-0.3, -0.25) is 4.79 Å². The number of hydrogen-bond acceptors (Lipinski definition) is 4. The van der Waals surface area contributed by atoms with E-state index in [1.165, 1.54) is 0 Å². The molecule has 2 heterocycles. The zero-order valence-electron chi connectivity index (χ0n) is 10.5. The molecule has 0 aromatic carbocycles. The molecule has 0 radical (unpaired) electrons. The second-order valence-electron chi connectivity index (χ2n) is 4.74. The first-order valence-electron chi connectivity index (χ1n) is 6.47. The molecule has 17 heavy (non-hydrogen) atoms. The molecule has 98 valence electrons. The van der Waals surface area contributed by atoms with Crippen LogP contribution in [0.2, 0.25) is 0 Å². The third-order valence-electron chi connectivity index (χ3n) is 3.34. The molecule has 0 spiro atoms. The van der Waals surface area contributed by atoms with Gasteiger partial charge in [0.05, 0.1) is 25.9 Å². The molecule has 0 aromatic rings. The predicted molar refractivity (Wildman–Crippen MR) is 63.8 cm³/mol. The van der Waals surface area contributed by atoms with E-state index in [9.17, 15) is 4.79 Å². The van der Waals surface area contributed by atoms with E-state index in [1.807, 2.05) is 11.8 Å². The van der Waals surface area contributed by atoms with Crippen LogP contribution in [0.5, 0.6) is 0 Å². The lowest BCUT2D eigenvalue weighted by atomic mass is 10.1. The number of rotatable bonds is 3. The van der Waals surface area contributed by atoms with E-state index >= 15 is 0 Å². The summed E-state index contributed by atoms with van der Waals surface area (Å²) in [6.45, 7) is 6.26. The molecular formula is C12H22N2O3.